The van der Waals surface area contributed by atoms with E-state index in [1.54, 1.807) is 30.3 Å². The fourth-order valence-electron chi connectivity index (χ4n) is 1.99. The van der Waals surface area contributed by atoms with Gasteiger partial charge in [-0.05, 0) is 11.5 Å². The third-order valence-electron chi connectivity index (χ3n) is 3.00. The monoisotopic (exact) mass is 257 g/mol. The second-order valence-electron chi connectivity index (χ2n) is 5.55. The van der Waals surface area contributed by atoms with Gasteiger partial charge in [-0.15, -0.1) is 0 Å². The number of ketones is 1. The standard InChI is InChI=1S/C15H15NO3/c1-15(2,3)14(17)11-8-7-10-5-4-6-13(16(18)19)12(10)9-11/h4-9H,1-3H3. The van der Waals surface area contributed by atoms with Gasteiger partial charge in [-0.25, -0.2) is 0 Å². The van der Waals surface area contributed by atoms with E-state index in [1.807, 2.05) is 20.8 Å². The van der Waals surface area contributed by atoms with Gasteiger partial charge in [0.05, 0.1) is 10.3 Å². The van der Waals surface area contributed by atoms with Crippen molar-refractivity contribution in [3.8, 4) is 0 Å². The van der Waals surface area contributed by atoms with Crippen LogP contribution in [0.4, 0.5) is 5.69 Å². The van der Waals surface area contributed by atoms with Gasteiger partial charge in [0.15, 0.2) is 5.78 Å². The molecule has 0 saturated heterocycles. The molecule has 2 rings (SSSR count). The number of carbonyl (C=O) groups excluding carboxylic acids is 1. The van der Waals surface area contributed by atoms with Crippen molar-refractivity contribution < 1.29 is 9.72 Å². The Hall–Kier alpha value is -2.23. The van der Waals surface area contributed by atoms with Crippen LogP contribution in [-0.2, 0) is 0 Å². The third-order valence-corrected chi connectivity index (χ3v) is 3.00. The zero-order chi connectivity index (χ0) is 14.2. The first-order chi connectivity index (χ1) is 8.80. The van der Waals surface area contributed by atoms with Crippen molar-refractivity contribution in [3.63, 3.8) is 0 Å². The predicted molar refractivity (Wildman–Crippen MR) is 74.4 cm³/mol. The van der Waals surface area contributed by atoms with Crippen LogP contribution < -0.4 is 0 Å². The molecule has 98 valence electrons. The summed E-state index contributed by atoms with van der Waals surface area (Å²) in [5.74, 6) is -0.0208. The fourth-order valence-corrected chi connectivity index (χ4v) is 1.99. The Bertz CT molecular complexity index is 669. The van der Waals surface area contributed by atoms with Crippen LogP contribution >= 0.6 is 0 Å². The number of nitro groups is 1. The molecule has 0 unspecified atom stereocenters. The molecule has 0 radical (unpaired) electrons. The van der Waals surface area contributed by atoms with Crippen molar-refractivity contribution in [3.05, 3.63) is 52.1 Å². The summed E-state index contributed by atoms with van der Waals surface area (Å²) in [6, 6.07) is 9.98. The Morgan fingerprint density at radius 2 is 1.84 bits per heavy atom. The minimum Gasteiger partial charge on any atom is -0.294 e. The first-order valence-corrected chi connectivity index (χ1v) is 6.02. The number of hydrogen-bond acceptors (Lipinski definition) is 3. The normalized spacial score (nSPS) is 11.5. The van der Waals surface area contributed by atoms with Gasteiger partial charge in [-0.1, -0.05) is 45.0 Å². The minimum atomic E-state index is -0.503. The van der Waals surface area contributed by atoms with Gasteiger partial charge in [0.1, 0.15) is 0 Å². The highest BCUT2D eigenvalue weighted by molar-refractivity contribution is 6.04. The maximum absolute atomic E-state index is 12.2. The highest BCUT2D eigenvalue weighted by Gasteiger charge is 2.23. The number of rotatable bonds is 2. The topological polar surface area (TPSA) is 60.2 Å². The molecule has 0 aliphatic rings. The van der Waals surface area contributed by atoms with Gasteiger partial charge in [-0.3, -0.25) is 14.9 Å². The molecule has 0 spiro atoms. The van der Waals surface area contributed by atoms with E-state index in [0.717, 1.165) is 5.39 Å². The average Bonchev–Trinajstić information content (AvgIpc) is 2.35. The second kappa shape index (κ2) is 4.46. The summed E-state index contributed by atoms with van der Waals surface area (Å²) in [5, 5.41) is 12.3. The molecule has 0 aliphatic heterocycles. The largest absolute Gasteiger partial charge is 0.294 e. The molecule has 4 heteroatoms. The summed E-state index contributed by atoms with van der Waals surface area (Å²) < 4.78 is 0. The molecule has 0 bridgehead atoms. The van der Waals surface area contributed by atoms with Gasteiger partial charge in [0.2, 0.25) is 0 Å². The van der Waals surface area contributed by atoms with Crippen LogP contribution in [0.15, 0.2) is 36.4 Å². The minimum absolute atomic E-state index is 0.0208. The van der Waals surface area contributed by atoms with Crippen molar-refractivity contribution in [1.29, 1.82) is 0 Å². The Morgan fingerprint density at radius 3 is 2.42 bits per heavy atom. The van der Waals surface area contributed by atoms with Crippen LogP contribution in [0.1, 0.15) is 31.1 Å². The van der Waals surface area contributed by atoms with E-state index in [9.17, 15) is 14.9 Å². The van der Waals surface area contributed by atoms with Crippen LogP contribution in [0.25, 0.3) is 10.8 Å². The molecule has 19 heavy (non-hydrogen) atoms. The smallest absolute Gasteiger partial charge is 0.277 e. The summed E-state index contributed by atoms with van der Waals surface area (Å²) in [6.45, 7) is 5.50. The Morgan fingerprint density at radius 1 is 1.16 bits per heavy atom. The summed E-state index contributed by atoms with van der Waals surface area (Å²) >= 11 is 0. The summed E-state index contributed by atoms with van der Waals surface area (Å²) in [6.07, 6.45) is 0. The number of nitro benzene ring substituents is 1. The van der Waals surface area contributed by atoms with E-state index in [2.05, 4.69) is 0 Å². The highest BCUT2D eigenvalue weighted by atomic mass is 16.6. The SMILES string of the molecule is CC(C)(C)C(=O)c1ccc2cccc([N+](=O)[O-])c2c1. The number of hydrogen-bond donors (Lipinski definition) is 0. The van der Waals surface area contributed by atoms with E-state index in [0.29, 0.717) is 10.9 Å². The summed E-state index contributed by atoms with van der Waals surface area (Å²) in [4.78, 5) is 22.8. The molecule has 2 aromatic rings. The lowest BCUT2D eigenvalue weighted by Crippen LogP contribution is -2.20. The Labute approximate surface area is 111 Å². The molecular formula is C15H15NO3. The Balaban J connectivity index is 2.66. The number of benzene rings is 2. The van der Waals surface area contributed by atoms with Crippen LogP contribution in [0, 0.1) is 15.5 Å². The first-order valence-electron chi connectivity index (χ1n) is 6.02. The molecule has 0 aromatic heterocycles. The fraction of sp³-hybridized carbons (Fsp3) is 0.267. The van der Waals surface area contributed by atoms with Crippen LogP contribution in [0.2, 0.25) is 0 Å². The molecular weight excluding hydrogens is 242 g/mol. The van der Waals surface area contributed by atoms with Gasteiger partial charge < -0.3 is 0 Å². The van der Waals surface area contributed by atoms with Crippen molar-refractivity contribution >= 4 is 22.2 Å². The number of nitrogens with zero attached hydrogens (tertiary/aromatic N) is 1. The van der Waals surface area contributed by atoms with Gasteiger partial charge in [0, 0.05) is 17.0 Å². The van der Waals surface area contributed by atoms with E-state index in [1.165, 1.54) is 6.07 Å². The molecule has 0 atom stereocenters. The number of fused-ring (bicyclic) bond motifs is 1. The molecule has 2 aromatic carbocycles. The maximum atomic E-state index is 12.2. The van der Waals surface area contributed by atoms with E-state index in [4.69, 9.17) is 0 Å². The van der Waals surface area contributed by atoms with Gasteiger partial charge in [0.25, 0.3) is 5.69 Å². The van der Waals surface area contributed by atoms with Crippen molar-refractivity contribution in [1.82, 2.24) is 0 Å². The quantitative estimate of drug-likeness (QED) is 0.464. The number of carbonyl (C=O) groups is 1. The van der Waals surface area contributed by atoms with E-state index in [-0.39, 0.29) is 11.5 Å². The molecule has 0 heterocycles. The molecule has 0 amide bonds. The van der Waals surface area contributed by atoms with Crippen LogP contribution in [0.5, 0.6) is 0 Å². The molecule has 4 nitrogen and oxygen atoms in total. The molecule has 0 aliphatic carbocycles. The van der Waals surface area contributed by atoms with Gasteiger partial charge >= 0.3 is 0 Å². The predicted octanol–water partition coefficient (Wildman–Crippen LogP) is 3.98. The summed E-state index contributed by atoms with van der Waals surface area (Å²) in [5.41, 5.74) is 0.0346. The second-order valence-corrected chi connectivity index (χ2v) is 5.55. The summed E-state index contributed by atoms with van der Waals surface area (Å²) in [7, 11) is 0. The molecule has 0 fully saturated rings. The van der Waals surface area contributed by atoms with Crippen LogP contribution in [0.3, 0.4) is 0 Å². The van der Waals surface area contributed by atoms with Crippen molar-refractivity contribution in [2.75, 3.05) is 0 Å². The lowest BCUT2D eigenvalue weighted by atomic mass is 9.86. The zero-order valence-electron chi connectivity index (χ0n) is 11.1. The number of Topliss-reactive ketones (excluding diaryl/α,β-unsaturated/α-hetero) is 1. The van der Waals surface area contributed by atoms with Crippen LogP contribution in [-0.4, -0.2) is 10.7 Å². The lowest BCUT2D eigenvalue weighted by molar-refractivity contribution is -0.383. The van der Waals surface area contributed by atoms with Crippen molar-refractivity contribution in [2.24, 2.45) is 5.41 Å². The maximum Gasteiger partial charge on any atom is 0.277 e. The molecule has 0 saturated carbocycles. The van der Waals surface area contributed by atoms with Gasteiger partial charge in [-0.2, -0.15) is 0 Å². The lowest BCUT2D eigenvalue weighted by Gasteiger charge is -2.16. The zero-order valence-corrected chi connectivity index (χ0v) is 11.1. The van der Waals surface area contributed by atoms with E-state index >= 15 is 0 Å². The molecule has 0 N–H and O–H groups in total. The van der Waals surface area contributed by atoms with Crippen molar-refractivity contribution in [2.45, 2.75) is 20.8 Å². The van der Waals surface area contributed by atoms with E-state index < -0.39 is 10.3 Å². The average molecular weight is 257 g/mol. The highest BCUT2D eigenvalue weighted by Crippen LogP contribution is 2.29. The third kappa shape index (κ3) is 2.47. The first kappa shape index (κ1) is 13.2. The Kier molecular flexibility index (Phi) is 3.10. The number of non-ortho nitro benzene ring substituents is 1.